The maximum Gasteiger partial charge on any atom is 0.293 e. The molecule has 170 valence electrons. The minimum atomic E-state index is -0.934. The van der Waals surface area contributed by atoms with Crippen LogP contribution < -0.4 is 4.90 Å². The average Bonchev–Trinajstić information content (AvgIpc) is 3.10. The fraction of sp³-hybridized carbons (Fsp3) is 0.231. The van der Waals surface area contributed by atoms with Gasteiger partial charge in [0, 0.05) is 6.07 Å². The number of nitro benzene ring substituents is 1. The summed E-state index contributed by atoms with van der Waals surface area (Å²) in [5.74, 6) is -2.42. The lowest BCUT2D eigenvalue weighted by atomic mass is 9.54. The molecule has 0 radical (unpaired) electrons. The number of carbonyl (C=O) groups is 2. The van der Waals surface area contributed by atoms with Crippen molar-refractivity contribution in [3.05, 3.63) is 104 Å². The van der Waals surface area contributed by atoms with E-state index in [0.717, 1.165) is 38.3 Å². The number of aryl methyl sites for hydroxylation is 2. The maximum atomic E-state index is 14.1. The van der Waals surface area contributed by atoms with Crippen molar-refractivity contribution in [1.29, 1.82) is 0 Å². The van der Waals surface area contributed by atoms with E-state index in [1.54, 1.807) is 13.0 Å². The molecule has 34 heavy (non-hydrogen) atoms. The van der Waals surface area contributed by atoms with E-state index in [9.17, 15) is 19.7 Å². The molecule has 2 bridgehead atoms. The molecule has 6 nitrogen and oxygen atoms in total. The van der Waals surface area contributed by atoms with Crippen molar-refractivity contribution in [2.45, 2.75) is 22.5 Å². The third-order valence-electron chi connectivity index (χ3n) is 7.61. The third-order valence-corrected chi connectivity index (χ3v) is 10.3. The number of anilines is 1. The number of hydrogen-bond donors (Lipinski definition) is 0. The van der Waals surface area contributed by atoms with Crippen molar-refractivity contribution in [3.63, 3.8) is 0 Å². The zero-order valence-corrected chi connectivity index (χ0v) is 21.4. The van der Waals surface area contributed by atoms with Gasteiger partial charge in [-0.3, -0.25) is 19.7 Å². The number of hydrogen-bond acceptors (Lipinski definition) is 4. The van der Waals surface area contributed by atoms with Crippen LogP contribution in [-0.2, 0) is 18.2 Å². The predicted molar refractivity (Wildman–Crippen MR) is 134 cm³/mol. The number of imide groups is 1. The molecule has 1 aliphatic heterocycles. The second kappa shape index (κ2) is 6.86. The van der Waals surface area contributed by atoms with E-state index in [2.05, 4.69) is 31.9 Å². The molecule has 2 atom stereocenters. The minimum absolute atomic E-state index is 0.0252. The highest BCUT2D eigenvalue weighted by Gasteiger charge is 2.72. The molecule has 1 saturated heterocycles. The standard InChI is InChI=1S/C26H18Br2N2O4/c1-13-11-19(20(30(33)34)12-14(13)2)29-23(31)21-22(24(29)32)26(28)16-8-4-3-7-15(16)25(21,27)17-9-5-6-10-18(17)26/h3-12,21-22H,1-2H3/t21-,22-,25?,26?/m1/s1. The average molecular weight is 582 g/mol. The molecular weight excluding hydrogens is 564 g/mol. The van der Waals surface area contributed by atoms with Crippen molar-refractivity contribution in [1.82, 2.24) is 0 Å². The van der Waals surface area contributed by atoms with Crippen LogP contribution in [0.25, 0.3) is 0 Å². The second-order valence-corrected chi connectivity index (χ2v) is 11.7. The summed E-state index contributed by atoms with van der Waals surface area (Å²) >= 11 is 7.90. The van der Waals surface area contributed by atoms with Gasteiger partial charge in [-0.2, -0.15) is 0 Å². The van der Waals surface area contributed by atoms with Gasteiger partial charge in [0.15, 0.2) is 0 Å². The number of halogens is 2. The molecule has 0 N–H and O–H groups in total. The molecular formula is C26H18Br2N2O4. The van der Waals surface area contributed by atoms with E-state index in [1.165, 1.54) is 6.07 Å². The molecule has 0 spiro atoms. The van der Waals surface area contributed by atoms with Crippen LogP contribution in [0.1, 0.15) is 33.4 Å². The fourth-order valence-corrected chi connectivity index (χ4v) is 8.32. The van der Waals surface area contributed by atoms with E-state index in [-0.39, 0.29) is 11.4 Å². The van der Waals surface area contributed by atoms with E-state index in [4.69, 9.17) is 0 Å². The fourth-order valence-electron chi connectivity index (χ4n) is 6.02. The molecule has 4 aliphatic rings. The normalized spacial score (nSPS) is 28.5. The highest BCUT2D eigenvalue weighted by atomic mass is 79.9. The first-order valence-corrected chi connectivity index (χ1v) is 12.4. The van der Waals surface area contributed by atoms with Gasteiger partial charge in [-0.15, -0.1) is 0 Å². The smallest absolute Gasteiger partial charge is 0.274 e. The van der Waals surface area contributed by atoms with Gasteiger partial charge in [0.25, 0.3) is 5.69 Å². The molecule has 2 amide bonds. The van der Waals surface area contributed by atoms with E-state index in [1.807, 2.05) is 55.5 Å². The van der Waals surface area contributed by atoms with Crippen LogP contribution in [0.4, 0.5) is 11.4 Å². The zero-order valence-electron chi connectivity index (χ0n) is 18.2. The first-order valence-electron chi connectivity index (χ1n) is 10.8. The second-order valence-electron chi connectivity index (χ2n) is 9.16. The monoisotopic (exact) mass is 580 g/mol. The number of amides is 2. The van der Waals surface area contributed by atoms with Crippen molar-refractivity contribution in [2.75, 3.05) is 4.90 Å². The molecule has 3 aromatic carbocycles. The largest absolute Gasteiger partial charge is 0.293 e. The van der Waals surface area contributed by atoms with E-state index in [0.29, 0.717) is 0 Å². The molecule has 8 heteroatoms. The molecule has 0 saturated carbocycles. The summed E-state index contributed by atoms with van der Waals surface area (Å²) < 4.78 is -1.87. The van der Waals surface area contributed by atoms with Gasteiger partial charge >= 0.3 is 0 Å². The van der Waals surface area contributed by atoms with Crippen LogP contribution in [0.5, 0.6) is 0 Å². The Labute approximate surface area is 212 Å². The number of rotatable bonds is 2. The van der Waals surface area contributed by atoms with Gasteiger partial charge in [0.05, 0.1) is 25.4 Å². The van der Waals surface area contributed by atoms with E-state index >= 15 is 0 Å². The van der Waals surface area contributed by atoms with Crippen LogP contribution in [0.15, 0.2) is 60.7 Å². The summed E-state index contributed by atoms with van der Waals surface area (Å²) in [5.41, 5.74) is 4.95. The summed E-state index contributed by atoms with van der Waals surface area (Å²) in [5, 5.41) is 11.9. The van der Waals surface area contributed by atoms with Crippen LogP contribution in [0.2, 0.25) is 0 Å². The molecule has 3 aliphatic carbocycles. The SMILES string of the molecule is Cc1cc(N2C(=O)[C@H]3[C@H](C2=O)C2(Br)c4ccccc4C3(Br)c3ccccc32)c([N+](=O)[O-])cc1C. The van der Waals surface area contributed by atoms with Crippen molar-refractivity contribution >= 4 is 55.0 Å². The Hall–Kier alpha value is -2.84. The molecule has 0 aromatic heterocycles. The number of nitro groups is 1. The topological polar surface area (TPSA) is 80.5 Å². The Bertz CT molecular complexity index is 1350. The Kier molecular flexibility index (Phi) is 4.37. The van der Waals surface area contributed by atoms with Gasteiger partial charge in [-0.1, -0.05) is 80.4 Å². The number of carbonyl (C=O) groups excluding carboxylic acids is 2. The van der Waals surface area contributed by atoms with Crippen molar-refractivity contribution < 1.29 is 14.5 Å². The molecule has 1 heterocycles. The van der Waals surface area contributed by atoms with Gasteiger partial charge < -0.3 is 0 Å². The molecule has 7 rings (SSSR count). The first-order chi connectivity index (χ1) is 16.1. The highest BCUT2D eigenvalue weighted by molar-refractivity contribution is 9.10. The Balaban J connectivity index is 1.65. The molecule has 1 fully saturated rings. The molecule has 3 aromatic rings. The lowest BCUT2D eigenvalue weighted by Crippen LogP contribution is -2.56. The third kappa shape index (κ3) is 2.35. The van der Waals surface area contributed by atoms with E-state index < -0.39 is 37.2 Å². The molecule has 0 unspecified atom stereocenters. The summed E-state index contributed by atoms with van der Waals surface area (Å²) in [6.07, 6.45) is 0. The Morgan fingerprint density at radius 1 is 0.794 bits per heavy atom. The Morgan fingerprint density at radius 3 is 1.56 bits per heavy atom. The lowest BCUT2D eigenvalue weighted by Gasteiger charge is -2.55. The van der Waals surface area contributed by atoms with Gasteiger partial charge in [0.1, 0.15) is 5.69 Å². The summed E-state index contributed by atoms with van der Waals surface area (Å²) in [6.45, 7) is 3.59. The Morgan fingerprint density at radius 2 is 1.18 bits per heavy atom. The van der Waals surface area contributed by atoms with Gasteiger partial charge in [-0.25, -0.2) is 4.90 Å². The number of alkyl halides is 2. The maximum absolute atomic E-state index is 14.1. The lowest BCUT2D eigenvalue weighted by molar-refractivity contribution is -0.384. The van der Waals surface area contributed by atoms with Crippen LogP contribution in [0, 0.1) is 35.8 Å². The van der Waals surface area contributed by atoms with Crippen molar-refractivity contribution in [3.8, 4) is 0 Å². The zero-order chi connectivity index (χ0) is 24.2. The first kappa shape index (κ1) is 21.7. The number of benzene rings is 3. The van der Waals surface area contributed by atoms with Gasteiger partial charge in [0.2, 0.25) is 11.8 Å². The summed E-state index contributed by atoms with van der Waals surface area (Å²) in [4.78, 5) is 40.7. The predicted octanol–water partition coefficient (Wildman–Crippen LogP) is 5.62. The quantitative estimate of drug-likeness (QED) is 0.170. The summed E-state index contributed by atoms with van der Waals surface area (Å²) in [7, 11) is 0. The highest BCUT2D eigenvalue weighted by Crippen LogP contribution is 2.71. The summed E-state index contributed by atoms with van der Waals surface area (Å²) in [6, 6.07) is 18.6. The van der Waals surface area contributed by atoms with Gasteiger partial charge in [-0.05, 0) is 53.3 Å². The van der Waals surface area contributed by atoms with Crippen LogP contribution in [0.3, 0.4) is 0 Å². The van der Waals surface area contributed by atoms with Crippen LogP contribution >= 0.6 is 31.9 Å². The van der Waals surface area contributed by atoms with Crippen LogP contribution in [-0.4, -0.2) is 16.7 Å². The number of nitrogens with zero attached hydrogens (tertiary/aromatic N) is 2. The van der Waals surface area contributed by atoms with Crippen molar-refractivity contribution in [2.24, 2.45) is 11.8 Å². The minimum Gasteiger partial charge on any atom is -0.274 e.